The Morgan fingerprint density at radius 2 is 1.84 bits per heavy atom. The zero-order chi connectivity index (χ0) is 13.7. The van der Waals surface area contributed by atoms with Crippen molar-refractivity contribution in [3.8, 4) is 5.75 Å². The number of hydrogen-bond donors (Lipinski definition) is 0. The number of hydrogen-bond acceptors (Lipinski definition) is 3. The van der Waals surface area contributed by atoms with Crippen LogP contribution in [0.15, 0.2) is 36.4 Å². The predicted octanol–water partition coefficient (Wildman–Crippen LogP) is 3.76. The Kier molecular flexibility index (Phi) is 4.77. The Balaban J connectivity index is 2.00. The minimum Gasteiger partial charge on any atom is -0.464 e. The smallest absolute Gasteiger partial charge is 0.199 e. The third-order valence-corrected chi connectivity index (χ3v) is 2.71. The maximum absolute atomic E-state index is 5.68. The average molecular weight is 259 g/mol. The van der Waals surface area contributed by atoms with Gasteiger partial charge in [-0.15, -0.1) is 0 Å². The van der Waals surface area contributed by atoms with E-state index in [0.717, 1.165) is 10.8 Å². The molecule has 0 saturated heterocycles. The normalized spacial score (nSPS) is 14.3. The molecule has 0 amide bonds. The van der Waals surface area contributed by atoms with Crippen LogP contribution >= 0.6 is 0 Å². The SMILES string of the molecule is CCOC(C)OC(C)Oc1[c]c2ccccc2cc1. The van der Waals surface area contributed by atoms with Gasteiger partial charge in [-0.25, -0.2) is 0 Å². The van der Waals surface area contributed by atoms with E-state index in [1.807, 2.05) is 57.2 Å². The van der Waals surface area contributed by atoms with Crippen molar-refractivity contribution in [2.75, 3.05) is 6.61 Å². The summed E-state index contributed by atoms with van der Waals surface area (Å²) in [5.41, 5.74) is 0. The summed E-state index contributed by atoms with van der Waals surface area (Å²) in [5, 5.41) is 2.18. The Morgan fingerprint density at radius 3 is 2.63 bits per heavy atom. The molecule has 0 heterocycles. The molecule has 0 saturated carbocycles. The molecule has 0 fully saturated rings. The molecule has 2 aromatic carbocycles. The van der Waals surface area contributed by atoms with E-state index in [-0.39, 0.29) is 12.6 Å². The van der Waals surface area contributed by atoms with Crippen LogP contribution in [0, 0.1) is 6.07 Å². The van der Waals surface area contributed by atoms with Crippen LogP contribution in [0.2, 0.25) is 0 Å². The number of benzene rings is 2. The largest absolute Gasteiger partial charge is 0.464 e. The fourth-order valence-electron chi connectivity index (χ4n) is 1.92. The molecule has 19 heavy (non-hydrogen) atoms. The molecule has 3 heteroatoms. The lowest BCUT2D eigenvalue weighted by molar-refractivity contribution is -0.202. The second kappa shape index (κ2) is 6.55. The lowest BCUT2D eigenvalue weighted by atomic mass is 10.1. The van der Waals surface area contributed by atoms with Gasteiger partial charge in [-0.05, 0) is 37.6 Å². The summed E-state index contributed by atoms with van der Waals surface area (Å²) in [7, 11) is 0. The summed E-state index contributed by atoms with van der Waals surface area (Å²) in [6, 6.07) is 15.2. The molecule has 101 valence electrons. The van der Waals surface area contributed by atoms with Crippen LogP contribution in [0.4, 0.5) is 0 Å². The molecular formula is C16H19O3. The molecule has 0 N–H and O–H groups in total. The highest BCUT2D eigenvalue weighted by atomic mass is 16.8. The maximum atomic E-state index is 5.68. The highest BCUT2D eigenvalue weighted by Crippen LogP contribution is 2.21. The molecule has 2 rings (SSSR count). The van der Waals surface area contributed by atoms with Gasteiger partial charge < -0.3 is 14.2 Å². The van der Waals surface area contributed by atoms with E-state index in [9.17, 15) is 0 Å². The Labute approximate surface area is 114 Å². The maximum Gasteiger partial charge on any atom is 0.199 e. The fraction of sp³-hybridized carbons (Fsp3) is 0.375. The molecule has 1 radical (unpaired) electrons. The highest BCUT2D eigenvalue weighted by molar-refractivity contribution is 5.83. The van der Waals surface area contributed by atoms with Gasteiger partial charge in [-0.3, -0.25) is 0 Å². The first-order valence-electron chi connectivity index (χ1n) is 6.54. The molecule has 0 aliphatic heterocycles. The molecule has 0 bridgehead atoms. The monoisotopic (exact) mass is 259 g/mol. The van der Waals surface area contributed by atoms with Gasteiger partial charge in [0.15, 0.2) is 12.6 Å². The van der Waals surface area contributed by atoms with Crippen molar-refractivity contribution in [3.63, 3.8) is 0 Å². The van der Waals surface area contributed by atoms with Gasteiger partial charge in [0.2, 0.25) is 0 Å². The van der Waals surface area contributed by atoms with E-state index >= 15 is 0 Å². The van der Waals surface area contributed by atoms with Crippen molar-refractivity contribution in [1.29, 1.82) is 0 Å². The fourth-order valence-corrected chi connectivity index (χ4v) is 1.92. The topological polar surface area (TPSA) is 27.7 Å². The highest BCUT2D eigenvalue weighted by Gasteiger charge is 2.10. The molecule has 3 nitrogen and oxygen atoms in total. The first kappa shape index (κ1) is 13.8. The van der Waals surface area contributed by atoms with Crippen LogP contribution in [0.1, 0.15) is 20.8 Å². The first-order chi connectivity index (χ1) is 9.19. The van der Waals surface area contributed by atoms with Gasteiger partial charge in [-0.2, -0.15) is 0 Å². The molecular weight excluding hydrogens is 240 g/mol. The van der Waals surface area contributed by atoms with Gasteiger partial charge in [0.1, 0.15) is 5.75 Å². The van der Waals surface area contributed by atoms with Gasteiger partial charge in [0.25, 0.3) is 0 Å². The Morgan fingerprint density at radius 1 is 1.05 bits per heavy atom. The third-order valence-electron chi connectivity index (χ3n) is 2.71. The molecule has 0 aromatic heterocycles. The van der Waals surface area contributed by atoms with E-state index in [1.54, 1.807) is 0 Å². The summed E-state index contributed by atoms with van der Waals surface area (Å²) in [4.78, 5) is 0. The second-order valence-electron chi connectivity index (χ2n) is 4.25. The van der Waals surface area contributed by atoms with Gasteiger partial charge >= 0.3 is 0 Å². The van der Waals surface area contributed by atoms with Crippen molar-refractivity contribution >= 4 is 10.8 Å². The standard InChI is InChI=1S/C16H19O3/c1-4-17-12(2)18-13(3)19-16-10-9-14-7-5-6-8-15(14)11-16/h5-10,12-13H,4H2,1-3H3. The Hall–Kier alpha value is -1.58. The summed E-state index contributed by atoms with van der Waals surface area (Å²) in [6.45, 7) is 6.25. The molecule has 2 unspecified atom stereocenters. The minimum absolute atomic E-state index is 0.277. The van der Waals surface area contributed by atoms with Crippen molar-refractivity contribution in [1.82, 2.24) is 0 Å². The first-order valence-corrected chi connectivity index (χ1v) is 6.54. The van der Waals surface area contributed by atoms with Crippen molar-refractivity contribution in [2.24, 2.45) is 0 Å². The Bertz CT molecular complexity index is 524. The van der Waals surface area contributed by atoms with Crippen LogP contribution in [-0.2, 0) is 9.47 Å². The summed E-state index contributed by atoms with van der Waals surface area (Å²) in [6.07, 6.45) is -0.653. The van der Waals surface area contributed by atoms with Crippen LogP contribution in [0.25, 0.3) is 10.8 Å². The zero-order valence-electron chi connectivity index (χ0n) is 11.6. The molecule has 2 aromatic rings. The van der Waals surface area contributed by atoms with E-state index in [2.05, 4.69) is 6.07 Å². The van der Waals surface area contributed by atoms with Gasteiger partial charge in [-0.1, -0.05) is 30.3 Å². The lowest BCUT2D eigenvalue weighted by Gasteiger charge is -2.20. The summed E-state index contributed by atoms with van der Waals surface area (Å²) in [5.74, 6) is 0.676. The molecule has 0 aliphatic carbocycles. The minimum atomic E-state index is -0.376. The van der Waals surface area contributed by atoms with E-state index < -0.39 is 0 Å². The van der Waals surface area contributed by atoms with E-state index in [4.69, 9.17) is 14.2 Å². The summed E-state index contributed by atoms with van der Waals surface area (Å²) < 4.78 is 16.5. The lowest BCUT2D eigenvalue weighted by Crippen LogP contribution is -2.24. The van der Waals surface area contributed by atoms with E-state index in [0.29, 0.717) is 12.4 Å². The van der Waals surface area contributed by atoms with Crippen LogP contribution in [-0.4, -0.2) is 19.2 Å². The van der Waals surface area contributed by atoms with Gasteiger partial charge in [0, 0.05) is 12.7 Å². The number of rotatable bonds is 6. The number of ether oxygens (including phenoxy) is 3. The molecule has 0 aliphatic rings. The zero-order valence-corrected chi connectivity index (χ0v) is 11.6. The molecule has 2 atom stereocenters. The van der Waals surface area contributed by atoms with Crippen LogP contribution in [0.5, 0.6) is 5.75 Å². The molecule has 0 spiro atoms. The summed E-state index contributed by atoms with van der Waals surface area (Å²) >= 11 is 0. The average Bonchev–Trinajstić information content (AvgIpc) is 2.38. The van der Waals surface area contributed by atoms with Crippen molar-refractivity contribution in [2.45, 2.75) is 33.4 Å². The van der Waals surface area contributed by atoms with E-state index in [1.165, 1.54) is 0 Å². The van der Waals surface area contributed by atoms with Crippen molar-refractivity contribution in [3.05, 3.63) is 42.5 Å². The predicted molar refractivity (Wildman–Crippen MR) is 75.0 cm³/mol. The van der Waals surface area contributed by atoms with Crippen molar-refractivity contribution < 1.29 is 14.2 Å². The third kappa shape index (κ3) is 3.94. The van der Waals surface area contributed by atoms with Crippen LogP contribution in [0.3, 0.4) is 0 Å². The second-order valence-corrected chi connectivity index (χ2v) is 4.25. The van der Waals surface area contributed by atoms with Gasteiger partial charge in [0.05, 0.1) is 0 Å². The quantitative estimate of drug-likeness (QED) is 0.739. The number of fused-ring (bicyclic) bond motifs is 1. The van der Waals surface area contributed by atoms with Crippen LogP contribution < -0.4 is 4.74 Å².